The van der Waals surface area contributed by atoms with Gasteiger partial charge >= 0.3 is 12.0 Å². The minimum atomic E-state index is -0.610. The number of piperidine rings is 1. The number of nitrogens with one attached hydrogen (secondary N) is 1. The van der Waals surface area contributed by atoms with Crippen LogP contribution in [0.15, 0.2) is 30.3 Å². The summed E-state index contributed by atoms with van der Waals surface area (Å²) in [7, 11) is 0. The molecule has 3 amide bonds. The van der Waals surface area contributed by atoms with E-state index in [1.54, 1.807) is 25.7 Å². The predicted octanol–water partition coefficient (Wildman–Crippen LogP) is 2.97. The van der Waals surface area contributed by atoms with Crippen LogP contribution in [0.25, 0.3) is 0 Å². The first kappa shape index (κ1) is 25.2. The zero-order chi connectivity index (χ0) is 25.2. The van der Waals surface area contributed by atoms with Crippen molar-refractivity contribution in [3.05, 3.63) is 35.9 Å². The van der Waals surface area contributed by atoms with Crippen molar-refractivity contribution in [2.45, 2.75) is 83.6 Å². The molecule has 1 aliphatic carbocycles. The number of ether oxygens (including phenoxy) is 1. The lowest BCUT2D eigenvalue weighted by Gasteiger charge is -2.35. The van der Waals surface area contributed by atoms with E-state index in [4.69, 9.17) is 9.57 Å². The molecule has 2 bridgehead atoms. The zero-order valence-corrected chi connectivity index (χ0v) is 20.7. The van der Waals surface area contributed by atoms with Crippen molar-refractivity contribution < 1.29 is 28.8 Å². The molecular weight excluding hydrogens is 450 g/mol. The lowest BCUT2D eigenvalue weighted by Crippen LogP contribution is -2.53. The summed E-state index contributed by atoms with van der Waals surface area (Å²) in [5.41, 5.74) is 0.321. The second-order valence-corrected chi connectivity index (χ2v) is 10.8. The topological polar surface area (TPSA) is 105 Å². The molecule has 1 aromatic rings. The maximum Gasteiger partial charge on any atom is 0.345 e. The van der Waals surface area contributed by atoms with Crippen LogP contribution >= 0.6 is 0 Å². The molecule has 2 heterocycles. The maximum absolute atomic E-state index is 13.1. The molecule has 2 saturated heterocycles. The summed E-state index contributed by atoms with van der Waals surface area (Å²) in [4.78, 5) is 57.6. The van der Waals surface area contributed by atoms with E-state index in [-0.39, 0.29) is 54.5 Å². The van der Waals surface area contributed by atoms with Crippen molar-refractivity contribution >= 4 is 23.7 Å². The first-order valence-corrected chi connectivity index (χ1v) is 12.4. The molecule has 0 aromatic heterocycles. The minimum Gasteiger partial charge on any atom is -0.460 e. The van der Waals surface area contributed by atoms with E-state index in [1.165, 1.54) is 5.06 Å². The third-order valence-electron chi connectivity index (χ3n) is 6.89. The van der Waals surface area contributed by atoms with Crippen LogP contribution in [0.4, 0.5) is 4.79 Å². The number of nitrogens with zero attached hydrogens (tertiary/aromatic N) is 2. The first-order valence-electron chi connectivity index (χ1n) is 12.4. The van der Waals surface area contributed by atoms with E-state index in [1.807, 2.05) is 30.3 Å². The van der Waals surface area contributed by atoms with Crippen LogP contribution in [0.1, 0.15) is 64.9 Å². The molecule has 190 valence electrons. The fourth-order valence-corrected chi connectivity index (χ4v) is 4.94. The van der Waals surface area contributed by atoms with Crippen LogP contribution in [0, 0.1) is 5.41 Å². The maximum atomic E-state index is 13.1. The average molecular weight is 486 g/mol. The third kappa shape index (κ3) is 6.01. The SMILES string of the molecule is CC(C)(C)OC(=O)CCCC(=O)CNC(=O)[C@@H]1CC2(CC2)[C@@H]2CN1C(=O)N2OCc1ccccc1. The van der Waals surface area contributed by atoms with Crippen LogP contribution in [0.3, 0.4) is 0 Å². The summed E-state index contributed by atoms with van der Waals surface area (Å²) in [6.45, 7) is 6.02. The summed E-state index contributed by atoms with van der Waals surface area (Å²) < 4.78 is 5.24. The Labute approximate surface area is 206 Å². The van der Waals surface area contributed by atoms with Crippen LogP contribution in [0.2, 0.25) is 0 Å². The normalized spacial score (nSPS) is 22.3. The highest BCUT2D eigenvalue weighted by atomic mass is 16.7. The van der Waals surface area contributed by atoms with Crippen molar-refractivity contribution in [2.24, 2.45) is 5.41 Å². The number of hydrogen-bond acceptors (Lipinski definition) is 6. The number of carbonyl (C=O) groups excluding carboxylic acids is 4. The van der Waals surface area contributed by atoms with Gasteiger partial charge in [0.25, 0.3) is 0 Å². The van der Waals surface area contributed by atoms with Crippen molar-refractivity contribution in [2.75, 3.05) is 13.1 Å². The number of carbonyl (C=O) groups is 4. The molecular formula is C26H35N3O6. The van der Waals surface area contributed by atoms with Gasteiger partial charge in [0.1, 0.15) is 18.2 Å². The van der Waals surface area contributed by atoms with Gasteiger partial charge in [-0.25, -0.2) is 4.79 Å². The number of amides is 3. The second kappa shape index (κ2) is 9.97. The fraction of sp³-hybridized carbons (Fsp3) is 0.615. The number of ketones is 1. The summed E-state index contributed by atoms with van der Waals surface area (Å²) in [5, 5.41) is 4.18. The van der Waals surface area contributed by atoms with Gasteiger partial charge in [0.15, 0.2) is 5.78 Å². The lowest BCUT2D eigenvalue weighted by atomic mass is 9.85. The molecule has 9 heteroatoms. The summed E-state index contributed by atoms with van der Waals surface area (Å²) in [6, 6.07) is 8.71. The highest BCUT2D eigenvalue weighted by Crippen LogP contribution is 2.59. The third-order valence-corrected chi connectivity index (χ3v) is 6.89. The van der Waals surface area contributed by atoms with E-state index < -0.39 is 11.6 Å². The Hall–Kier alpha value is -2.94. The molecule has 0 radical (unpaired) electrons. The highest BCUT2D eigenvalue weighted by molar-refractivity contribution is 5.92. The van der Waals surface area contributed by atoms with E-state index in [2.05, 4.69) is 5.32 Å². The molecule has 3 fully saturated rings. The van der Waals surface area contributed by atoms with Crippen molar-refractivity contribution in [1.82, 2.24) is 15.3 Å². The average Bonchev–Trinajstić information content (AvgIpc) is 3.51. The molecule has 2 aliphatic heterocycles. The Morgan fingerprint density at radius 3 is 2.49 bits per heavy atom. The molecule has 1 aromatic carbocycles. The quantitative estimate of drug-likeness (QED) is 0.511. The fourth-order valence-electron chi connectivity index (χ4n) is 4.94. The molecule has 3 aliphatic rings. The molecule has 1 N–H and O–H groups in total. The number of hydroxylamine groups is 2. The van der Waals surface area contributed by atoms with Gasteiger partial charge in [0, 0.05) is 19.4 Å². The molecule has 9 nitrogen and oxygen atoms in total. The van der Waals surface area contributed by atoms with E-state index in [9.17, 15) is 19.2 Å². The first-order chi connectivity index (χ1) is 16.6. The van der Waals surface area contributed by atoms with Crippen LogP contribution in [0.5, 0.6) is 0 Å². The van der Waals surface area contributed by atoms with Crippen molar-refractivity contribution in [3.63, 3.8) is 0 Å². The van der Waals surface area contributed by atoms with E-state index >= 15 is 0 Å². The molecule has 0 unspecified atom stereocenters. The summed E-state index contributed by atoms with van der Waals surface area (Å²) in [6.07, 6.45) is 3.20. The number of fused-ring (bicyclic) bond motifs is 3. The molecule has 1 saturated carbocycles. The number of rotatable bonds is 10. The largest absolute Gasteiger partial charge is 0.460 e. The van der Waals surface area contributed by atoms with Gasteiger partial charge in [0.05, 0.1) is 12.6 Å². The van der Waals surface area contributed by atoms with Crippen LogP contribution < -0.4 is 5.32 Å². The Morgan fingerprint density at radius 2 is 1.83 bits per heavy atom. The Balaban J connectivity index is 1.26. The van der Waals surface area contributed by atoms with E-state index in [0.717, 1.165) is 18.4 Å². The summed E-state index contributed by atoms with van der Waals surface area (Å²) in [5.74, 6) is -0.807. The minimum absolute atomic E-state index is 0.0581. The lowest BCUT2D eigenvalue weighted by molar-refractivity contribution is -0.155. The van der Waals surface area contributed by atoms with Gasteiger partial charge in [-0.05, 0) is 57.4 Å². The van der Waals surface area contributed by atoms with Gasteiger partial charge in [-0.1, -0.05) is 30.3 Å². The zero-order valence-electron chi connectivity index (χ0n) is 20.7. The Bertz CT molecular complexity index is 969. The van der Waals surface area contributed by atoms with Gasteiger partial charge in [0.2, 0.25) is 5.91 Å². The number of hydrogen-bond donors (Lipinski definition) is 1. The van der Waals surface area contributed by atoms with Crippen LogP contribution in [-0.4, -0.2) is 64.4 Å². The predicted molar refractivity (Wildman–Crippen MR) is 127 cm³/mol. The van der Waals surface area contributed by atoms with Gasteiger partial charge < -0.3 is 15.0 Å². The number of urea groups is 1. The van der Waals surface area contributed by atoms with Crippen molar-refractivity contribution in [3.8, 4) is 0 Å². The van der Waals surface area contributed by atoms with Crippen molar-refractivity contribution in [1.29, 1.82) is 0 Å². The van der Waals surface area contributed by atoms with E-state index in [0.29, 0.717) is 26.0 Å². The van der Waals surface area contributed by atoms with Gasteiger partial charge in [-0.3, -0.25) is 19.2 Å². The monoisotopic (exact) mass is 485 g/mol. The van der Waals surface area contributed by atoms with Gasteiger partial charge in [-0.2, -0.15) is 5.06 Å². The summed E-state index contributed by atoms with van der Waals surface area (Å²) >= 11 is 0. The molecule has 1 spiro atoms. The second-order valence-electron chi connectivity index (χ2n) is 10.8. The Morgan fingerprint density at radius 1 is 1.11 bits per heavy atom. The number of benzene rings is 1. The smallest absolute Gasteiger partial charge is 0.345 e. The Kier molecular flexibility index (Phi) is 7.17. The van der Waals surface area contributed by atoms with Crippen LogP contribution in [-0.2, 0) is 30.6 Å². The molecule has 4 rings (SSSR count). The standard InChI is InChI=1S/C26H35N3O6/c1-25(2,3)35-22(31)11-7-10-19(30)15-27-23(32)20-14-26(12-13-26)21-16-28(20)24(33)29(21)34-17-18-8-5-4-6-9-18/h4-6,8-9,20-21H,7,10-17H2,1-3H3,(H,27,32)/t20-,21-/m0/s1. The molecule has 2 atom stereocenters. The number of esters is 1. The molecule has 35 heavy (non-hydrogen) atoms. The highest BCUT2D eigenvalue weighted by Gasteiger charge is 2.64. The van der Waals surface area contributed by atoms with Gasteiger partial charge in [-0.15, -0.1) is 0 Å². The number of Topliss-reactive ketones (excluding diaryl/α,β-unsaturated/α-hetero) is 1.